The molecule has 1 atom stereocenters. The molecule has 1 unspecified atom stereocenters. The third-order valence-electron chi connectivity index (χ3n) is 4.74. The fraction of sp³-hybridized carbons (Fsp3) is 0.444. The maximum absolute atomic E-state index is 12.0. The fourth-order valence-electron chi connectivity index (χ4n) is 3.10. The summed E-state index contributed by atoms with van der Waals surface area (Å²) in [6, 6.07) is 6.87. The number of aliphatic carboxylic acids is 1. The Balaban J connectivity index is 1.62. The number of aromatic amines is 1. The molecule has 1 heterocycles. The molecule has 3 rings (SSSR count). The maximum atomic E-state index is 12.0. The van der Waals surface area contributed by atoms with E-state index in [0.29, 0.717) is 12.3 Å². The van der Waals surface area contributed by atoms with Crippen LogP contribution in [0.1, 0.15) is 37.7 Å². The van der Waals surface area contributed by atoms with Gasteiger partial charge in [0.15, 0.2) is 0 Å². The number of hydrogen-bond donors (Lipinski definition) is 3. The van der Waals surface area contributed by atoms with Gasteiger partial charge in [0.25, 0.3) is 0 Å². The number of amides is 1. The van der Waals surface area contributed by atoms with E-state index in [1.54, 1.807) is 0 Å². The van der Waals surface area contributed by atoms with Crippen molar-refractivity contribution < 1.29 is 14.7 Å². The standard InChI is InChI=1S/C18H22N2O3/c21-17(9-8-12-4-3-5-12)20-16(18(22)23)10-13-11-19-15-7-2-1-6-14(13)15/h1-2,6-7,11-12,16,19H,3-5,8-10H2,(H,20,21)(H,22,23). The second-order valence-electron chi connectivity index (χ2n) is 6.36. The number of nitrogens with one attached hydrogen (secondary N) is 2. The van der Waals surface area contributed by atoms with Gasteiger partial charge in [0.05, 0.1) is 0 Å². The van der Waals surface area contributed by atoms with E-state index in [-0.39, 0.29) is 12.3 Å². The molecule has 1 aromatic heterocycles. The van der Waals surface area contributed by atoms with Crippen molar-refractivity contribution in [2.24, 2.45) is 5.92 Å². The zero-order valence-electron chi connectivity index (χ0n) is 13.0. The molecule has 3 N–H and O–H groups in total. The van der Waals surface area contributed by atoms with Crippen LogP contribution in [0.3, 0.4) is 0 Å². The first-order chi connectivity index (χ1) is 11.1. The summed E-state index contributed by atoms with van der Waals surface area (Å²) in [5.74, 6) is -0.505. The Labute approximate surface area is 135 Å². The van der Waals surface area contributed by atoms with Crippen LogP contribution in [0.15, 0.2) is 30.5 Å². The molecule has 122 valence electrons. The summed E-state index contributed by atoms with van der Waals surface area (Å²) in [5, 5.41) is 13.1. The van der Waals surface area contributed by atoms with Gasteiger partial charge in [-0.1, -0.05) is 37.5 Å². The molecule has 5 nitrogen and oxygen atoms in total. The molecule has 1 amide bonds. The van der Waals surface area contributed by atoms with E-state index in [2.05, 4.69) is 10.3 Å². The average Bonchev–Trinajstić information content (AvgIpc) is 2.88. The minimum absolute atomic E-state index is 0.163. The first-order valence-corrected chi connectivity index (χ1v) is 8.20. The monoisotopic (exact) mass is 314 g/mol. The number of carboxylic acid groups (broad SMARTS) is 1. The van der Waals surface area contributed by atoms with Gasteiger partial charge in [-0.05, 0) is 24.0 Å². The Morgan fingerprint density at radius 2 is 2.09 bits per heavy atom. The number of H-pyrrole nitrogens is 1. The highest BCUT2D eigenvalue weighted by atomic mass is 16.4. The van der Waals surface area contributed by atoms with E-state index in [1.807, 2.05) is 30.5 Å². The number of aromatic nitrogens is 1. The number of rotatable bonds is 7. The second kappa shape index (κ2) is 6.86. The molecule has 1 aliphatic rings. The van der Waals surface area contributed by atoms with Gasteiger partial charge in [-0.25, -0.2) is 4.79 Å². The minimum atomic E-state index is -0.993. The molecular formula is C18H22N2O3. The molecule has 1 fully saturated rings. The van der Waals surface area contributed by atoms with Gasteiger partial charge in [0.2, 0.25) is 5.91 Å². The van der Waals surface area contributed by atoms with Crippen molar-refractivity contribution in [3.63, 3.8) is 0 Å². The summed E-state index contributed by atoms with van der Waals surface area (Å²) in [6.07, 6.45) is 7.05. The number of hydrogen-bond acceptors (Lipinski definition) is 2. The average molecular weight is 314 g/mol. The Morgan fingerprint density at radius 3 is 2.78 bits per heavy atom. The van der Waals surface area contributed by atoms with Gasteiger partial charge >= 0.3 is 5.97 Å². The number of para-hydroxylation sites is 1. The third-order valence-corrected chi connectivity index (χ3v) is 4.74. The molecule has 1 aliphatic carbocycles. The number of fused-ring (bicyclic) bond motifs is 1. The van der Waals surface area contributed by atoms with Crippen LogP contribution in [0.25, 0.3) is 10.9 Å². The van der Waals surface area contributed by atoms with Crippen LogP contribution in [0.4, 0.5) is 0 Å². The topological polar surface area (TPSA) is 82.2 Å². The lowest BCUT2D eigenvalue weighted by atomic mass is 9.82. The number of benzene rings is 1. The largest absolute Gasteiger partial charge is 0.480 e. The number of carboxylic acids is 1. The van der Waals surface area contributed by atoms with E-state index in [0.717, 1.165) is 22.9 Å². The van der Waals surface area contributed by atoms with Crippen molar-refractivity contribution in [2.45, 2.75) is 44.6 Å². The zero-order valence-corrected chi connectivity index (χ0v) is 13.0. The first kappa shape index (κ1) is 15.6. The minimum Gasteiger partial charge on any atom is -0.480 e. The Morgan fingerprint density at radius 1 is 1.30 bits per heavy atom. The van der Waals surface area contributed by atoms with Crippen LogP contribution >= 0.6 is 0 Å². The highest BCUT2D eigenvalue weighted by Crippen LogP contribution is 2.30. The molecule has 1 saturated carbocycles. The second-order valence-corrected chi connectivity index (χ2v) is 6.36. The fourth-order valence-corrected chi connectivity index (χ4v) is 3.10. The van der Waals surface area contributed by atoms with Crippen molar-refractivity contribution in [1.29, 1.82) is 0 Å². The molecule has 0 spiro atoms. The van der Waals surface area contributed by atoms with Gasteiger partial charge < -0.3 is 15.4 Å². The smallest absolute Gasteiger partial charge is 0.326 e. The molecule has 1 aromatic carbocycles. The van der Waals surface area contributed by atoms with Crippen molar-refractivity contribution in [3.8, 4) is 0 Å². The lowest BCUT2D eigenvalue weighted by Gasteiger charge is -2.25. The highest BCUT2D eigenvalue weighted by molar-refractivity contribution is 5.86. The Hall–Kier alpha value is -2.30. The predicted molar refractivity (Wildman–Crippen MR) is 88.1 cm³/mol. The molecule has 23 heavy (non-hydrogen) atoms. The Kier molecular flexibility index (Phi) is 4.65. The van der Waals surface area contributed by atoms with Crippen LogP contribution in [0.5, 0.6) is 0 Å². The Bertz CT molecular complexity index is 703. The van der Waals surface area contributed by atoms with E-state index in [9.17, 15) is 14.7 Å². The molecule has 2 aromatic rings. The van der Waals surface area contributed by atoms with Crippen LogP contribution < -0.4 is 5.32 Å². The number of carbonyl (C=O) groups excluding carboxylic acids is 1. The normalized spacial score (nSPS) is 16.0. The summed E-state index contributed by atoms with van der Waals surface area (Å²) >= 11 is 0. The molecule has 0 aliphatic heterocycles. The van der Waals surface area contributed by atoms with Crippen molar-refractivity contribution in [2.75, 3.05) is 0 Å². The predicted octanol–water partition coefficient (Wildman–Crippen LogP) is 2.86. The van der Waals surface area contributed by atoms with Gasteiger partial charge in [0, 0.05) is 29.9 Å². The summed E-state index contributed by atoms with van der Waals surface area (Å²) in [4.78, 5) is 26.6. The molecule has 5 heteroatoms. The maximum Gasteiger partial charge on any atom is 0.326 e. The summed E-state index contributed by atoms with van der Waals surface area (Å²) in [6.45, 7) is 0. The first-order valence-electron chi connectivity index (χ1n) is 8.20. The van der Waals surface area contributed by atoms with E-state index in [1.165, 1.54) is 19.3 Å². The van der Waals surface area contributed by atoms with Gasteiger partial charge in [0.1, 0.15) is 6.04 Å². The molecule has 0 saturated heterocycles. The van der Waals surface area contributed by atoms with E-state index in [4.69, 9.17) is 0 Å². The highest BCUT2D eigenvalue weighted by Gasteiger charge is 2.23. The van der Waals surface area contributed by atoms with Gasteiger partial charge in [-0.15, -0.1) is 0 Å². The van der Waals surface area contributed by atoms with Crippen molar-refractivity contribution in [1.82, 2.24) is 10.3 Å². The molecular weight excluding hydrogens is 292 g/mol. The van der Waals surface area contributed by atoms with Crippen LogP contribution in [0, 0.1) is 5.92 Å². The van der Waals surface area contributed by atoms with Crippen LogP contribution in [-0.4, -0.2) is 28.0 Å². The van der Waals surface area contributed by atoms with Crippen LogP contribution in [0.2, 0.25) is 0 Å². The van der Waals surface area contributed by atoms with Gasteiger partial charge in [-0.3, -0.25) is 4.79 Å². The molecule has 0 bridgehead atoms. The summed E-state index contributed by atoms with van der Waals surface area (Å²) in [5.41, 5.74) is 1.88. The SMILES string of the molecule is O=C(CCC1CCC1)NC(Cc1c[nH]c2ccccc12)C(=O)O. The van der Waals surface area contributed by atoms with Crippen LogP contribution in [-0.2, 0) is 16.0 Å². The van der Waals surface area contributed by atoms with Crippen molar-refractivity contribution >= 4 is 22.8 Å². The zero-order chi connectivity index (χ0) is 16.2. The summed E-state index contributed by atoms with van der Waals surface area (Å²) in [7, 11) is 0. The third kappa shape index (κ3) is 3.73. The number of carbonyl (C=O) groups is 2. The lowest BCUT2D eigenvalue weighted by Crippen LogP contribution is -2.42. The quantitative estimate of drug-likeness (QED) is 0.735. The van der Waals surface area contributed by atoms with Crippen molar-refractivity contribution in [3.05, 3.63) is 36.0 Å². The van der Waals surface area contributed by atoms with E-state index < -0.39 is 12.0 Å². The van der Waals surface area contributed by atoms with Gasteiger partial charge in [-0.2, -0.15) is 0 Å². The van der Waals surface area contributed by atoms with E-state index >= 15 is 0 Å². The lowest BCUT2D eigenvalue weighted by molar-refractivity contribution is -0.141. The summed E-state index contributed by atoms with van der Waals surface area (Å²) < 4.78 is 0. The molecule has 0 radical (unpaired) electrons.